The summed E-state index contributed by atoms with van der Waals surface area (Å²) in [6.45, 7) is 1.70. The molecule has 8 nitrogen and oxygen atoms in total. The van der Waals surface area contributed by atoms with Gasteiger partial charge in [0.2, 0.25) is 5.75 Å². The Labute approximate surface area is 248 Å². The van der Waals surface area contributed by atoms with E-state index in [2.05, 4.69) is 0 Å². The van der Waals surface area contributed by atoms with Crippen molar-refractivity contribution in [1.82, 2.24) is 4.90 Å². The maximum atomic E-state index is 14.4. The topological polar surface area (TPSA) is 85.4 Å². The average molecular weight is 628 g/mol. The molecular formula is C27H19Cl4FN2O6. The molecule has 40 heavy (non-hydrogen) atoms. The van der Waals surface area contributed by atoms with E-state index in [9.17, 15) is 18.8 Å². The van der Waals surface area contributed by atoms with Crippen molar-refractivity contribution in [2.24, 2.45) is 0 Å². The smallest absolute Gasteiger partial charge is 0.264 e. The van der Waals surface area contributed by atoms with Crippen LogP contribution in [-0.4, -0.2) is 50.0 Å². The molecule has 208 valence electrons. The van der Waals surface area contributed by atoms with E-state index >= 15 is 0 Å². The molecule has 0 unspecified atom stereocenters. The number of carbonyl (C=O) groups excluding carboxylic acids is 3. The van der Waals surface area contributed by atoms with Gasteiger partial charge in [-0.3, -0.25) is 19.3 Å². The summed E-state index contributed by atoms with van der Waals surface area (Å²) >= 11 is 24.9. The van der Waals surface area contributed by atoms with E-state index in [-0.39, 0.29) is 54.2 Å². The lowest BCUT2D eigenvalue weighted by atomic mass is 9.85. The number of ether oxygens (including phenoxy) is 3. The van der Waals surface area contributed by atoms with Gasteiger partial charge >= 0.3 is 0 Å². The predicted octanol–water partition coefficient (Wildman–Crippen LogP) is 6.53. The molecule has 0 radical (unpaired) electrons. The van der Waals surface area contributed by atoms with Crippen molar-refractivity contribution in [2.75, 3.05) is 26.2 Å². The molecule has 1 saturated heterocycles. The van der Waals surface area contributed by atoms with E-state index in [1.165, 1.54) is 44.4 Å². The number of anilines is 1. The SMILES string of the molecule is COc1cc([C@H]2[C@H](N3C(=O)c4c(Cl)c(Cl)c(Cl)c(Cl)c4C3=O)C(=O)N2c2cc(F)ccc2C)cc(OC)c1OC. The number of halogens is 5. The summed E-state index contributed by atoms with van der Waals surface area (Å²) < 4.78 is 30.7. The van der Waals surface area contributed by atoms with Crippen LogP contribution in [0.5, 0.6) is 17.2 Å². The van der Waals surface area contributed by atoms with E-state index in [0.717, 1.165) is 4.90 Å². The van der Waals surface area contributed by atoms with E-state index in [1.807, 2.05) is 0 Å². The first-order valence-corrected chi connectivity index (χ1v) is 13.1. The van der Waals surface area contributed by atoms with Crippen molar-refractivity contribution >= 4 is 69.8 Å². The van der Waals surface area contributed by atoms with Crippen molar-refractivity contribution in [3.8, 4) is 17.2 Å². The first kappa shape index (κ1) is 28.3. The number of nitrogens with zero attached hydrogens (tertiary/aromatic N) is 2. The van der Waals surface area contributed by atoms with Gasteiger partial charge in [0.05, 0.1) is 64.3 Å². The summed E-state index contributed by atoms with van der Waals surface area (Å²) in [6, 6.07) is 4.77. The average Bonchev–Trinajstić information content (AvgIpc) is 3.19. The van der Waals surface area contributed by atoms with E-state index in [4.69, 9.17) is 60.6 Å². The lowest BCUT2D eigenvalue weighted by molar-refractivity contribution is -0.130. The Morgan fingerprint density at radius 2 is 1.25 bits per heavy atom. The molecule has 1 fully saturated rings. The highest BCUT2D eigenvalue weighted by atomic mass is 35.5. The summed E-state index contributed by atoms with van der Waals surface area (Å²) in [4.78, 5) is 43.2. The second kappa shape index (κ2) is 10.3. The molecule has 0 bridgehead atoms. The Bertz CT molecular complexity index is 1560. The molecule has 3 aromatic rings. The number of carbonyl (C=O) groups is 3. The van der Waals surface area contributed by atoms with Gasteiger partial charge in [0, 0.05) is 0 Å². The summed E-state index contributed by atoms with van der Waals surface area (Å²) in [6.07, 6.45) is 0. The Morgan fingerprint density at radius 3 is 1.73 bits per heavy atom. The third-order valence-electron chi connectivity index (χ3n) is 6.94. The molecule has 0 aromatic heterocycles. The van der Waals surface area contributed by atoms with Crippen LogP contribution in [0.15, 0.2) is 30.3 Å². The lowest BCUT2D eigenvalue weighted by Gasteiger charge is -2.50. The van der Waals surface area contributed by atoms with Gasteiger partial charge in [-0.1, -0.05) is 52.5 Å². The van der Waals surface area contributed by atoms with E-state index in [1.54, 1.807) is 19.1 Å². The van der Waals surface area contributed by atoms with Crippen molar-refractivity contribution < 1.29 is 33.0 Å². The normalized spacial score (nSPS) is 18.2. The van der Waals surface area contributed by atoms with Crippen LogP contribution in [0.2, 0.25) is 20.1 Å². The van der Waals surface area contributed by atoms with Gasteiger partial charge in [-0.05, 0) is 42.3 Å². The highest BCUT2D eigenvalue weighted by Gasteiger charge is 2.59. The number of methoxy groups -OCH3 is 3. The van der Waals surface area contributed by atoms with Crippen LogP contribution in [0.4, 0.5) is 10.1 Å². The van der Waals surface area contributed by atoms with Crippen molar-refractivity contribution in [2.45, 2.75) is 19.0 Å². The second-order valence-electron chi connectivity index (χ2n) is 8.97. The van der Waals surface area contributed by atoms with Gasteiger partial charge in [-0.15, -0.1) is 0 Å². The zero-order valence-corrected chi connectivity index (χ0v) is 24.3. The highest BCUT2D eigenvalue weighted by molar-refractivity contribution is 6.55. The van der Waals surface area contributed by atoms with Crippen LogP contribution in [0, 0.1) is 12.7 Å². The standard InChI is InChI=1S/C27H19Cl4FN2O6/c1-10-5-6-12(32)9-13(10)33-22(11-7-14(38-2)24(40-4)15(8-11)39-3)23(27(33)37)34-25(35)16-17(26(34)36)19(29)21(31)20(30)18(16)28/h5-9,22-23H,1-4H3/t22-,23-/m0/s1. The fraction of sp³-hybridized carbons (Fsp3) is 0.222. The molecule has 0 spiro atoms. The summed E-state index contributed by atoms with van der Waals surface area (Å²) in [5.74, 6) is -2.17. The van der Waals surface area contributed by atoms with Crippen molar-refractivity contribution in [3.63, 3.8) is 0 Å². The highest BCUT2D eigenvalue weighted by Crippen LogP contribution is 2.51. The number of hydrogen-bond donors (Lipinski definition) is 0. The van der Waals surface area contributed by atoms with Gasteiger partial charge in [-0.25, -0.2) is 4.39 Å². The third kappa shape index (κ3) is 3.98. The molecule has 2 heterocycles. The molecule has 2 aliphatic heterocycles. The molecular weight excluding hydrogens is 609 g/mol. The van der Waals surface area contributed by atoms with Gasteiger partial charge < -0.3 is 19.1 Å². The molecule has 3 aromatic carbocycles. The van der Waals surface area contributed by atoms with Crippen LogP contribution in [-0.2, 0) is 4.79 Å². The fourth-order valence-electron chi connectivity index (χ4n) is 5.06. The minimum atomic E-state index is -1.37. The molecule has 3 amide bonds. The number of fused-ring (bicyclic) bond motifs is 1. The number of rotatable bonds is 6. The minimum absolute atomic E-state index is 0.201. The Balaban J connectivity index is 1.71. The molecule has 13 heteroatoms. The molecule has 0 N–H and O–H groups in total. The third-order valence-corrected chi connectivity index (χ3v) is 8.74. The van der Waals surface area contributed by atoms with Crippen LogP contribution >= 0.6 is 46.4 Å². The van der Waals surface area contributed by atoms with Gasteiger partial charge in [0.25, 0.3) is 17.7 Å². The van der Waals surface area contributed by atoms with E-state index < -0.39 is 35.6 Å². The zero-order valence-electron chi connectivity index (χ0n) is 21.3. The predicted molar refractivity (Wildman–Crippen MR) is 148 cm³/mol. The van der Waals surface area contributed by atoms with Crippen molar-refractivity contribution in [3.05, 3.63) is 78.5 Å². The molecule has 0 saturated carbocycles. The number of imide groups is 1. The first-order chi connectivity index (χ1) is 19.0. The van der Waals surface area contributed by atoms with Crippen LogP contribution in [0.25, 0.3) is 0 Å². The maximum Gasteiger partial charge on any atom is 0.264 e. The summed E-state index contributed by atoms with van der Waals surface area (Å²) in [5, 5.41) is -0.928. The van der Waals surface area contributed by atoms with Crippen LogP contribution in [0.1, 0.15) is 37.9 Å². The summed E-state index contributed by atoms with van der Waals surface area (Å²) in [7, 11) is 4.27. The Hall–Kier alpha value is -3.24. The second-order valence-corrected chi connectivity index (χ2v) is 10.5. The van der Waals surface area contributed by atoms with Gasteiger partial charge in [-0.2, -0.15) is 0 Å². The number of amides is 3. The molecule has 2 atom stereocenters. The maximum absolute atomic E-state index is 14.4. The van der Waals surface area contributed by atoms with Gasteiger partial charge in [0.15, 0.2) is 11.5 Å². The van der Waals surface area contributed by atoms with Crippen LogP contribution in [0.3, 0.4) is 0 Å². The number of benzene rings is 3. The molecule has 2 aliphatic rings. The van der Waals surface area contributed by atoms with Gasteiger partial charge in [0.1, 0.15) is 11.9 Å². The number of hydrogen-bond acceptors (Lipinski definition) is 6. The number of aryl methyl sites for hydroxylation is 1. The zero-order chi connectivity index (χ0) is 29.2. The first-order valence-electron chi connectivity index (χ1n) is 11.6. The largest absolute Gasteiger partial charge is 0.493 e. The van der Waals surface area contributed by atoms with Crippen molar-refractivity contribution in [1.29, 1.82) is 0 Å². The Kier molecular flexibility index (Phi) is 7.29. The Morgan fingerprint density at radius 1 is 0.725 bits per heavy atom. The molecule has 5 rings (SSSR count). The molecule has 0 aliphatic carbocycles. The monoisotopic (exact) mass is 626 g/mol. The van der Waals surface area contributed by atoms with E-state index in [0.29, 0.717) is 11.1 Å². The van der Waals surface area contributed by atoms with Crippen LogP contribution < -0.4 is 19.1 Å². The summed E-state index contributed by atoms with van der Waals surface area (Å²) in [5.41, 5.74) is 0.717. The quantitative estimate of drug-likeness (QED) is 0.134. The minimum Gasteiger partial charge on any atom is -0.493 e. The lowest BCUT2D eigenvalue weighted by Crippen LogP contribution is -2.67. The number of β-lactam (4-membered cyclic amide) rings is 1. The fourth-order valence-corrected chi connectivity index (χ4v) is 6.07.